The summed E-state index contributed by atoms with van der Waals surface area (Å²) < 4.78 is 4.25. The summed E-state index contributed by atoms with van der Waals surface area (Å²) in [7, 11) is 0. The van der Waals surface area contributed by atoms with E-state index in [0.717, 1.165) is 62.2 Å². The average Bonchev–Trinajstić information content (AvgIpc) is 4.13. The van der Waals surface area contributed by atoms with Crippen LogP contribution in [0.15, 0.2) is 218 Å². The number of nitriles is 1. The summed E-state index contributed by atoms with van der Waals surface area (Å²) in [5.41, 5.74) is 10.3. The van der Waals surface area contributed by atoms with E-state index in [0.29, 0.717) is 34.6 Å². The van der Waals surface area contributed by atoms with Crippen LogP contribution in [0.1, 0.15) is 34.2 Å². The lowest BCUT2D eigenvalue weighted by molar-refractivity contribution is 0.987. The maximum Gasteiger partial charge on any atom is 0.152 e. The molecular weight excluding hydrogens is 739 g/mol. The molecule has 0 saturated carbocycles. The molecule has 0 amide bonds. The zero-order valence-corrected chi connectivity index (χ0v) is 32.2. The number of aromatic nitrogens is 4. The minimum atomic E-state index is 0.406. The number of nitrogens with zero attached hydrogens (tertiary/aromatic N) is 7. The van der Waals surface area contributed by atoms with Crippen LogP contribution in [0.4, 0.5) is 11.4 Å². The van der Waals surface area contributed by atoms with E-state index in [4.69, 9.17) is 9.97 Å². The molecule has 6 aromatic carbocycles. The molecule has 0 aliphatic carbocycles. The standard InChI is InChI=1S/C51H35N9/c52-31-44-47-43-34-59(39-27-15-5-16-28-39)49(55-43)45(35-19-7-1-8-20-35)48-53-41(32-57(48)37-23-11-3-12-24-37)42-33-58(38-25-13-4-14-26-38)50(54-42)46(36-21-9-2-10-22-36)51(56-47)60(44)40-29-17-6-18-30-40/h1-30,32-34,53,56H. The van der Waals surface area contributed by atoms with Gasteiger partial charge in [0.15, 0.2) is 5.70 Å². The van der Waals surface area contributed by atoms with E-state index in [1.54, 1.807) is 0 Å². The number of rotatable bonds is 6. The monoisotopic (exact) mass is 773 g/mol. The first kappa shape index (κ1) is 34.6. The summed E-state index contributed by atoms with van der Waals surface area (Å²) >= 11 is 0. The minimum absolute atomic E-state index is 0.406. The molecule has 0 saturated heterocycles. The highest BCUT2D eigenvalue weighted by Crippen LogP contribution is 2.43. The van der Waals surface area contributed by atoms with Gasteiger partial charge in [0.1, 0.15) is 46.4 Å². The molecule has 2 aromatic heterocycles. The van der Waals surface area contributed by atoms with Gasteiger partial charge in [-0.15, -0.1) is 0 Å². The topological polar surface area (TPSA) is 90.0 Å². The maximum absolute atomic E-state index is 11.3. The largest absolute Gasteiger partial charge is 0.338 e. The molecule has 0 fully saturated rings. The van der Waals surface area contributed by atoms with Crippen molar-refractivity contribution in [3.8, 4) is 17.4 Å². The molecule has 60 heavy (non-hydrogen) atoms. The van der Waals surface area contributed by atoms with Crippen LogP contribution in [0.5, 0.6) is 0 Å². The van der Waals surface area contributed by atoms with E-state index in [9.17, 15) is 5.26 Å². The van der Waals surface area contributed by atoms with Crippen molar-refractivity contribution < 1.29 is 0 Å². The van der Waals surface area contributed by atoms with Gasteiger partial charge < -0.3 is 15.5 Å². The normalized spacial score (nSPS) is 14.4. The minimum Gasteiger partial charge on any atom is -0.338 e. The Hall–Kier alpha value is -8.61. The second kappa shape index (κ2) is 14.4. The summed E-state index contributed by atoms with van der Waals surface area (Å²) in [5.74, 6) is 2.86. The third-order valence-corrected chi connectivity index (χ3v) is 10.9. The molecule has 0 spiro atoms. The van der Waals surface area contributed by atoms with Crippen molar-refractivity contribution in [2.24, 2.45) is 0 Å². The van der Waals surface area contributed by atoms with Gasteiger partial charge in [-0.25, -0.2) is 9.97 Å². The van der Waals surface area contributed by atoms with E-state index in [1.165, 1.54) is 0 Å². The predicted octanol–water partition coefficient (Wildman–Crippen LogP) is 9.92. The van der Waals surface area contributed by atoms with Crippen LogP contribution in [0.2, 0.25) is 0 Å². The lowest BCUT2D eigenvalue weighted by Gasteiger charge is -2.24. The number of fused-ring (bicyclic) bond motifs is 10. The lowest BCUT2D eigenvalue weighted by Crippen LogP contribution is -2.24. The van der Waals surface area contributed by atoms with Crippen LogP contribution in [0.25, 0.3) is 33.9 Å². The SMILES string of the molecule is N#CC1=C2NC(=C(c3ccccc3)c3nc(cn3-c3ccccc3)C3=CN(c4ccccc4)C(=C(c4ccccc4)c4nc2cn4-c2ccccc2)N3)N1c1ccccc1. The Morgan fingerprint density at radius 2 is 0.883 bits per heavy atom. The molecule has 5 heterocycles. The molecule has 11 rings (SSSR count). The summed E-state index contributed by atoms with van der Waals surface area (Å²) in [6, 6.07) is 64.0. The van der Waals surface area contributed by atoms with Crippen LogP contribution in [-0.4, -0.2) is 19.1 Å². The average molecular weight is 774 g/mol. The third-order valence-electron chi connectivity index (χ3n) is 10.9. The van der Waals surface area contributed by atoms with Crippen molar-refractivity contribution in [1.82, 2.24) is 29.7 Å². The van der Waals surface area contributed by atoms with Crippen molar-refractivity contribution in [3.63, 3.8) is 0 Å². The molecule has 3 aliphatic heterocycles. The lowest BCUT2D eigenvalue weighted by atomic mass is 10.0. The quantitative estimate of drug-likeness (QED) is 0.174. The first-order chi connectivity index (χ1) is 29.7. The molecule has 2 N–H and O–H groups in total. The fraction of sp³-hybridized carbons (Fsp3) is 0. The van der Waals surface area contributed by atoms with Crippen molar-refractivity contribution in [3.05, 3.63) is 252 Å². The molecule has 284 valence electrons. The van der Waals surface area contributed by atoms with Gasteiger partial charge in [-0.3, -0.25) is 14.0 Å². The number of allylic oxidation sites excluding steroid dienone is 1. The molecule has 9 nitrogen and oxygen atoms in total. The van der Waals surface area contributed by atoms with Crippen LogP contribution in [-0.2, 0) is 0 Å². The second-order valence-corrected chi connectivity index (χ2v) is 14.5. The highest BCUT2D eigenvalue weighted by Gasteiger charge is 2.37. The first-order valence-corrected chi connectivity index (χ1v) is 19.7. The molecule has 8 aromatic rings. The Bertz CT molecular complexity index is 3070. The van der Waals surface area contributed by atoms with Gasteiger partial charge in [-0.1, -0.05) is 133 Å². The van der Waals surface area contributed by atoms with Crippen LogP contribution in [0.3, 0.4) is 0 Å². The fourth-order valence-corrected chi connectivity index (χ4v) is 8.16. The zero-order valence-electron chi connectivity index (χ0n) is 32.2. The zero-order chi connectivity index (χ0) is 40.0. The van der Waals surface area contributed by atoms with Crippen LogP contribution in [0, 0.1) is 11.3 Å². The van der Waals surface area contributed by atoms with E-state index < -0.39 is 0 Å². The van der Waals surface area contributed by atoms with Crippen molar-refractivity contribution in [2.45, 2.75) is 0 Å². The number of benzene rings is 6. The smallest absolute Gasteiger partial charge is 0.152 e. The maximum atomic E-state index is 11.3. The number of hydrogen-bond donors (Lipinski definition) is 2. The molecule has 8 bridgehead atoms. The van der Waals surface area contributed by atoms with Gasteiger partial charge in [-0.05, 0) is 59.7 Å². The first-order valence-electron chi connectivity index (χ1n) is 19.7. The number of nitrogens with one attached hydrogen (secondary N) is 2. The molecular formula is C51H35N9. The van der Waals surface area contributed by atoms with Gasteiger partial charge in [0.05, 0.1) is 16.8 Å². The molecule has 3 aliphatic rings. The third kappa shape index (κ3) is 5.79. The summed E-state index contributed by atoms with van der Waals surface area (Å²) in [6.45, 7) is 0. The van der Waals surface area contributed by atoms with E-state index in [-0.39, 0.29) is 0 Å². The van der Waals surface area contributed by atoms with Crippen molar-refractivity contribution in [2.75, 3.05) is 9.80 Å². The van der Waals surface area contributed by atoms with Crippen molar-refractivity contribution >= 4 is 33.9 Å². The highest BCUT2D eigenvalue weighted by molar-refractivity contribution is 5.94. The predicted molar refractivity (Wildman–Crippen MR) is 237 cm³/mol. The van der Waals surface area contributed by atoms with Gasteiger partial charge >= 0.3 is 0 Å². The highest BCUT2D eigenvalue weighted by atomic mass is 15.3. The molecule has 0 atom stereocenters. The van der Waals surface area contributed by atoms with Gasteiger partial charge in [0, 0.05) is 41.3 Å². The van der Waals surface area contributed by atoms with Crippen LogP contribution < -0.4 is 20.4 Å². The summed E-state index contributed by atoms with van der Waals surface area (Å²) in [4.78, 5) is 15.3. The number of hydrogen-bond acceptors (Lipinski definition) is 7. The van der Waals surface area contributed by atoms with Gasteiger partial charge in [0.25, 0.3) is 0 Å². The van der Waals surface area contributed by atoms with Gasteiger partial charge in [0.2, 0.25) is 0 Å². The Balaban J connectivity index is 1.30. The van der Waals surface area contributed by atoms with Crippen LogP contribution >= 0.6 is 0 Å². The number of para-hydroxylation sites is 4. The summed E-state index contributed by atoms with van der Waals surface area (Å²) in [5, 5.41) is 19.0. The fourth-order valence-electron chi connectivity index (χ4n) is 8.16. The number of imidazole rings is 2. The van der Waals surface area contributed by atoms with E-state index in [1.807, 2.05) is 132 Å². The Kier molecular flexibility index (Phi) is 8.31. The Morgan fingerprint density at radius 3 is 1.40 bits per heavy atom. The van der Waals surface area contributed by atoms with E-state index >= 15 is 0 Å². The van der Waals surface area contributed by atoms with E-state index in [2.05, 4.69) is 104 Å². The second-order valence-electron chi connectivity index (χ2n) is 14.5. The van der Waals surface area contributed by atoms with Crippen molar-refractivity contribution in [1.29, 1.82) is 5.26 Å². The molecule has 9 heteroatoms. The summed E-state index contributed by atoms with van der Waals surface area (Å²) in [6.07, 6.45) is 6.24. The Labute approximate surface area is 347 Å². The molecule has 0 radical (unpaired) electrons. The Morgan fingerprint density at radius 1 is 0.450 bits per heavy atom. The number of anilines is 2. The molecule has 0 unspecified atom stereocenters. The van der Waals surface area contributed by atoms with Gasteiger partial charge in [-0.2, -0.15) is 5.26 Å².